The lowest BCUT2D eigenvalue weighted by atomic mass is 10.4. The van der Waals surface area contributed by atoms with Crippen LogP contribution in [-0.4, -0.2) is 15.1 Å². The number of aromatic hydroxyl groups is 1. The Hall–Kier alpha value is -1.12. The van der Waals surface area contributed by atoms with Gasteiger partial charge in [0.05, 0.1) is 12.4 Å². The van der Waals surface area contributed by atoms with E-state index < -0.39 is 0 Å². The Balaban J connectivity index is 2.88. The average molecular weight is 124 g/mol. The van der Waals surface area contributed by atoms with Crippen molar-refractivity contribution in [1.29, 1.82) is 0 Å². The van der Waals surface area contributed by atoms with Crippen molar-refractivity contribution in [1.82, 2.24) is 9.97 Å². The third kappa shape index (κ3) is 1.38. The van der Waals surface area contributed by atoms with E-state index >= 15 is 0 Å². The van der Waals surface area contributed by atoms with Gasteiger partial charge in [0.25, 0.3) is 0 Å². The highest BCUT2D eigenvalue weighted by Gasteiger charge is 1.89. The summed E-state index contributed by atoms with van der Waals surface area (Å²) in [6.07, 6.45) is 3.60. The molecule has 1 N–H and O–H groups in total. The Morgan fingerprint density at radius 2 is 2.00 bits per heavy atom. The van der Waals surface area contributed by atoms with Crippen LogP contribution in [0.25, 0.3) is 0 Å². The second-order valence-electron chi connectivity index (χ2n) is 1.71. The van der Waals surface area contributed by atoms with Gasteiger partial charge in [-0.15, -0.1) is 0 Å². The van der Waals surface area contributed by atoms with Gasteiger partial charge in [-0.3, -0.25) is 0 Å². The van der Waals surface area contributed by atoms with Crippen molar-refractivity contribution in [2.75, 3.05) is 0 Å². The van der Waals surface area contributed by atoms with Gasteiger partial charge in [0.1, 0.15) is 5.82 Å². The lowest BCUT2D eigenvalue weighted by Gasteiger charge is -1.91. The maximum atomic E-state index is 8.73. The lowest BCUT2D eigenvalue weighted by Crippen LogP contribution is -1.88. The van der Waals surface area contributed by atoms with Gasteiger partial charge in [-0.1, -0.05) is 6.92 Å². The minimum absolute atomic E-state index is 0.118. The maximum absolute atomic E-state index is 8.73. The van der Waals surface area contributed by atoms with E-state index in [1.165, 1.54) is 12.4 Å². The zero-order valence-electron chi connectivity index (χ0n) is 5.20. The molecule has 0 atom stereocenters. The van der Waals surface area contributed by atoms with Crippen LogP contribution in [0.15, 0.2) is 12.4 Å². The lowest BCUT2D eigenvalue weighted by molar-refractivity contribution is 0.468. The Labute approximate surface area is 53.4 Å². The number of hydrogen-bond acceptors (Lipinski definition) is 3. The number of aryl methyl sites for hydroxylation is 1. The Bertz CT molecular complexity index is 183. The van der Waals surface area contributed by atoms with E-state index in [9.17, 15) is 0 Å². The van der Waals surface area contributed by atoms with Crippen LogP contribution in [0.1, 0.15) is 12.7 Å². The molecule has 3 heteroatoms. The zero-order chi connectivity index (χ0) is 6.69. The van der Waals surface area contributed by atoms with Gasteiger partial charge in [-0.2, -0.15) is 0 Å². The van der Waals surface area contributed by atoms with Crippen molar-refractivity contribution in [3.63, 3.8) is 0 Å². The van der Waals surface area contributed by atoms with Crippen molar-refractivity contribution in [2.45, 2.75) is 13.3 Å². The number of hydrogen-bond donors (Lipinski definition) is 1. The maximum Gasteiger partial charge on any atom is 0.152 e. The first-order valence-electron chi connectivity index (χ1n) is 2.83. The first-order chi connectivity index (χ1) is 4.33. The second-order valence-corrected chi connectivity index (χ2v) is 1.71. The van der Waals surface area contributed by atoms with Crippen molar-refractivity contribution in [3.8, 4) is 5.75 Å². The normalized spacial score (nSPS) is 9.44. The van der Waals surface area contributed by atoms with Crippen LogP contribution in [0.4, 0.5) is 0 Å². The second kappa shape index (κ2) is 2.44. The first-order valence-corrected chi connectivity index (χ1v) is 2.83. The zero-order valence-corrected chi connectivity index (χ0v) is 5.20. The van der Waals surface area contributed by atoms with Crippen LogP contribution in [-0.2, 0) is 6.42 Å². The molecule has 0 saturated carbocycles. The van der Waals surface area contributed by atoms with Crippen LogP contribution in [0.5, 0.6) is 5.75 Å². The van der Waals surface area contributed by atoms with E-state index in [1.807, 2.05) is 6.92 Å². The molecule has 0 unspecified atom stereocenters. The molecule has 0 aliphatic heterocycles. The Kier molecular flexibility index (Phi) is 1.63. The van der Waals surface area contributed by atoms with Gasteiger partial charge in [0, 0.05) is 6.42 Å². The van der Waals surface area contributed by atoms with Crippen molar-refractivity contribution in [3.05, 3.63) is 18.2 Å². The fourth-order valence-electron chi connectivity index (χ4n) is 0.531. The van der Waals surface area contributed by atoms with Gasteiger partial charge in [-0.05, 0) is 0 Å². The summed E-state index contributed by atoms with van der Waals surface area (Å²) in [5.74, 6) is 0.875. The van der Waals surface area contributed by atoms with E-state index in [4.69, 9.17) is 5.11 Å². The topological polar surface area (TPSA) is 46.0 Å². The summed E-state index contributed by atoms with van der Waals surface area (Å²) >= 11 is 0. The summed E-state index contributed by atoms with van der Waals surface area (Å²) in [7, 11) is 0. The minimum Gasteiger partial charge on any atom is -0.505 e. The molecular formula is C6H8N2O. The third-order valence-corrected chi connectivity index (χ3v) is 1.01. The summed E-state index contributed by atoms with van der Waals surface area (Å²) in [6.45, 7) is 1.96. The standard InChI is InChI=1S/C6H8N2O/c1-2-6-7-3-5(9)4-8-6/h3-4,9H,2H2,1H3. The van der Waals surface area contributed by atoms with Gasteiger partial charge in [0.2, 0.25) is 0 Å². The fraction of sp³-hybridized carbons (Fsp3) is 0.333. The molecule has 1 aromatic heterocycles. The minimum atomic E-state index is 0.118. The Morgan fingerprint density at radius 1 is 1.44 bits per heavy atom. The molecule has 0 aliphatic rings. The molecule has 48 valence electrons. The van der Waals surface area contributed by atoms with E-state index in [0.717, 1.165) is 12.2 Å². The molecule has 0 saturated heterocycles. The van der Waals surface area contributed by atoms with Crippen LogP contribution >= 0.6 is 0 Å². The molecule has 1 aromatic rings. The highest BCUT2D eigenvalue weighted by atomic mass is 16.3. The molecule has 0 spiro atoms. The van der Waals surface area contributed by atoms with Crippen molar-refractivity contribution >= 4 is 0 Å². The highest BCUT2D eigenvalue weighted by molar-refractivity contribution is 5.09. The van der Waals surface area contributed by atoms with Crippen LogP contribution in [0.2, 0.25) is 0 Å². The fourth-order valence-corrected chi connectivity index (χ4v) is 0.531. The molecule has 0 bridgehead atoms. The molecule has 0 amide bonds. The summed E-state index contributed by atoms with van der Waals surface area (Å²) < 4.78 is 0. The summed E-state index contributed by atoms with van der Waals surface area (Å²) in [6, 6.07) is 0. The molecule has 0 aromatic carbocycles. The van der Waals surface area contributed by atoms with Gasteiger partial charge in [-0.25, -0.2) is 9.97 Å². The molecule has 1 heterocycles. The number of nitrogens with zero attached hydrogens (tertiary/aromatic N) is 2. The van der Waals surface area contributed by atoms with Crippen LogP contribution in [0, 0.1) is 0 Å². The predicted octanol–water partition coefficient (Wildman–Crippen LogP) is 0.745. The smallest absolute Gasteiger partial charge is 0.152 e. The highest BCUT2D eigenvalue weighted by Crippen LogP contribution is 2.01. The molecule has 0 radical (unpaired) electrons. The largest absolute Gasteiger partial charge is 0.505 e. The summed E-state index contributed by atoms with van der Waals surface area (Å²) in [5, 5.41) is 8.73. The van der Waals surface area contributed by atoms with E-state index in [0.29, 0.717) is 0 Å². The van der Waals surface area contributed by atoms with E-state index in [-0.39, 0.29) is 5.75 Å². The number of aromatic nitrogens is 2. The molecular weight excluding hydrogens is 116 g/mol. The monoisotopic (exact) mass is 124 g/mol. The van der Waals surface area contributed by atoms with Crippen LogP contribution < -0.4 is 0 Å². The number of rotatable bonds is 1. The molecule has 0 aliphatic carbocycles. The van der Waals surface area contributed by atoms with Crippen LogP contribution in [0.3, 0.4) is 0 Å². The van der Waals surface area contributed by atoms with E-state index in [1.54, 1.807) is 0 Å². The summed E-state index contributed by atoms with van der Waals surface area (Å²) in [4.78, 5) is 7.67. The Morgan fingerprint density at radius 3 is 2.44 bits per heavy atom. The van der Waals surface area contributed by atoms with Gasteiger partial charge >= 0.3 is 0 Å². The van der Waals surface area contributed by atoms with Crippen molar-refractivity contribution in [2.24, 2.45) is 0 Å². The SMILES string of the molecule is CCc1ncc(O)cn1. The average Bonchev–Trinajstić information content (AvgIpc) is 1.90. The van der Waals surface area contributed by atoms with Gasteiger partial charge < -0.3 is 5.11 Å². The third-order valence-electron chi connectivity index (χ3n) is 1.01. The predicted molar refractivity (Wildman–Crippen MR) is 33.1 cm³/mol. The molecule has 3 nitrogen and oxygen atoms in total. The summed E-state index contributed by atoms with van der Waals surface area (Å²) in [5.41, 5.74) is 0. The molecule has 0 fully saturated rings. The van der Waals surface area contributed by atoms with Gasteiger partial charge in [0.15, 0.2) is 5.75 Å². The molecule has 9 heavy (non-hydrogen) atoms. The van der Waals surface area contributed by atoms with E-state index in [2.05, 4.69) is 9.97 Å². The van der Waals surface area contributed by atoms with Crippen molar-refractivity contribution < 1.29 is 5.11 Å². The first kappa shape index (κ1) is 6.01. The molecule has 1 rings (SSSR count). The quantitative estimate of drug-likeness (QED) is 0.600.